The van der Waals surface area contributed by atoms with Gasteiger partial charge in [-0.3, -0.25) is 0 Å². The lowest BCUT2D eigenvalue weighted by molar-refractivity contribution is 0.349. The number of benzene rings is 1. The number of rotatable bonds is 7. The molecule has 7 nitrogen and oxygen atoms in total. The Labute approximate surface area is 140 Å². The van der Waals surface area contributed by atoms with Crippen LogP contribution in [0.25, 0.3) is 11.4 Å². The number of nitrogens with one attached hydrogen (secondary N) is 1. The van der Waals surface area contributed by atoms with E-state index in [9.17, 15) is 0 Å². The van der Waals surface area contributed by atoms with Crippen LogP contribution in [-0.2, 0) is 13.0 Å². The molecule has 0 saturated carbocycles. The Morgan fingerprint density at radius 1 is 0.958 bits per heavy atom. The van der Waals surface area contributed by atoms with Crippen LogP contribution in [0.4, 0.5) is 0 Å². The molecular formula is C17H20N4O3. The molecule has 0 atom stereocenters. The first-order valence-corrected chi connectivity index (χ1v) is 7.56. The summed E-state index contributed by atoms with van der Waals surface area (Å²) in [6.45, 7) is 0.750. The fourth-order valence-electron chi connectivity index (χ4n) is 2.60. The maximum atomic E-state index is 5.51. The van der Waals surface area contributed by atoms with Crippen molar-refractivity contribution in [1.29, 1.82) is 0 Å². The van der Waals surface area contributed by atoms with Crippen LogP contribution in [0.2, 0.25) is 0 Å². The van der Waals surface area contributed by atoms with Gasteiger partial charge in [-0.2, -0.15) is 0 Å². The van der Waals surface area contributed by atoms with E-state index < -0.39 is 0 Å². The van der Waals surface area contributed by atoms with E-state index in [4.69, 9.17) is 14.2 Å². The first-order valence-electron chi connectivity index (χ1n) is 7.56. The minimum Gasteiger partial charge on any atom is -0.496 e. The number of imidazole rings is 2. The van der Waals surface area contributed by atoms with Crippen molar-refractivity contribution in [2.24, 2.45) is 0 Å². The summed E-state index contributed by atoms with van der Waals surface area (Å²) < 4.78 is 18.3. The Hall–Kier alpha value is -2.96. The molecule has 3 aromatic rings. The Morgan fingerprint density at radius 3 is 2.38 bits per heavy atom. The summed E-state index contributed by atoms with van der Waals surface area (Å²) in [5, 5.41) is 0. The standard InChI is InChI=1S/C17H20N4O3/c1-22-13-11-15(24-3)14(23-2)10-12(13)17-20-7-9-21(17)8-4-16-18-5-6-19-16/h5-7,9-11H,4,8H2,1-3H3,(H,18,19). The number of ether oxygens (including phenoxy) is 3. The second kappa shape index (κ2) is 7.08. The van der Waals surface area contributed by atoms with Gasteiger partial charge in [0, 0.05) is 43.8 Å². The average Bonchev–Trinajstić information content (AvgIpc) is 3.29. The van der Waals surface area contributed by atoms with E-state index in [1.54, 1.807) is 39.8 Å². The molecule has 0 radical (unpaired) electrons. The van der Waals surface area contributed by atoms with Gasteiger partial charge in [0.05, 0.1) is 26.9 Å². The summed E-state index contributed by atoms with van der Waals surface area (Å²) in [6.07, 6.45) is 8.07. The van der Waals surface area contributed by atoms with E-state index >= 15 is 0 Å². The Balaban J connectivity index is 1.95. The number of hydrogen-bond donors (Lipinski definition) is 1. The van der Waals surface area contributed by atoms with E-state index in [0.717, 1.165) is 30.2 Å². The zero-order chi connectivity index (χ0) is 16.9. The third-order valence-electron chi connectivity index (χ3n) is 3.81. The zero-order valence-corrected chi connectivity index (χ0v) is 13.9. The number of nitrogens with zero attached hydrogens (tertiary/aromatic N) is 3. The van der Waals surface area contributed by atoms with Crippen LogP contribution in [0, 0.1) is 0 Å². The van der Waals surface area contributed by atoms with Crippen LogP contribution >= 0.6 is 0 Å². The van der Waals surface area contributed by atoms with Crippen molar-refractivity contribution in [3.05, 3.63) is 42.7 Å². The molecule has 1 aromatic carbocycles. The predicted molar refractivity (Wildman–Crippen MR) is 89.6 cm³/mol. The third kappa shape index (κ3) is 3.05. The number of aromatic amines is 1. The third-order valence-corrected chi connectivity index (χ3v) is 3.81. The molecule has 1 N–H and O–H groups in total. The highest BCUT2D eigenvalue weighted by Gasteiger charge is 2.17. The van der Waals surface area contributed by atoms with E-state index in [0.29, 0.717) is 17.2 Å². The van der Waals surface area contributed by atoms with Gasteiger partial charge in [0.1, 0.15) is 17.4 Å². The normalized spacial score (nSPS) is 10.6. The Kier molecular flexibility index (Phi) is 4.69. The number of H-pyrrole nitrogens is 1. The van der Waals surface area contributed by atoms with Crippen LogP contribution in [0.1, 0.15) is 5.82 Å². The minimum atomic E-state index is 0.617. The number of aromatic nitrogens is 4. The summed E-state index contributed by atoms with van der Waals surface area (Å²) in [5.41, 5.74) is 0.847. The Morgan fingerprint density at radius 2 is 1.71 bits per heavy atom. The summed E-state index contributed by atoms with van der Waals surface area (Å²) in [5.74, 6) is 3.67. The van der Waals surface area contributed by atoms with Gasteiger partial charge in [0.15, 0.2) is 11.5 Å². The molecule has 0 aliphatic carbocycles. The van der Waals surface area contributed by atoms with Gasteiger partial charge in [0.25, 0.3) is 0 Å². The molecule has 2 heterocycles. The SMILES string of the molecule is COc1cc(OC)c(-c2nccn2CCc2ncc[nH]2)cc1OC. The molecule has 0 aliphatic heterocycles. The van der Waals surface area contributed by atoms with Crippen molar-refractivity contribution in [3.63, 3.8) is 0 Å². The van der Waals surface area contributed by atoms with Crippen molar-refractivity contribution in [1.82, 2.24) is 19.5 Å². The van der Waals surface area contributed by atoms with Crippen molar-refractivity contribution in [2.45, 2.75) is 13.0 Å². The van der Waals surface area contributed by atoms with Crippen LogP contribution < -0.4 is 14.2 Å². The zero-order valence-electron chi connectivity index (χ0n) is 13.9. The molecule has 0 unspecified atom stereocenters. The first kappa shape index (κ1) is 15.9. The maximum Gasteiger partial charge on any atom is 0.164 e. The van der Waals surface area contributed by atoms with E-state index in [1.165, 1.54) is 0 Å². The summed E-state index contributed by atoms with van der Waals surface area (Å²) in [6, 6.07) is 3.68. The molecule has 24 heavy (non-hydrogen) atoms. The molecular weight excluding hydrogens is 308 g/mol. The minimum absolute atomic E-state index is 0.617. The lowest BCUT2D eigenvalue weighted by Gasteiger charge is -2.15. The van der Waals surface area contributed by atoms with Gasteiger partial charge >= 0.3 is 0 Å². The topological polar surface area (TPSA) is 74.2 Å². The fraction of sp³-hybridized carbons (Fsp3) is 0.294. The van der Waals surface area contributed by atoms with E-state index in [1.807, 2.05) is 18.5 Å². The maximum absolute atomic E-state index is 5.51. The van der Waals surface area contributed by atoms with Gasteiger partial charge in [-0.15, -0.1) is 0 Å². The van der Waals surface area contributed by atoms with Crippen molar-refractivity contribution < 1.29 is 14.2 Å². The Bertz CT molecular complexity index is 796. The molecule has 0 aliphatic rings. The number of aryl methyl sites for hydroxylation is 2. The molecule has 0 fully saturated rings. The van der Waals surface area contributed by atoms with Crippen molar-refractivity contribution >= 4 is 0 Å². The molecule has 0 bridgehead atoms. The summed E-state index contributed by atoms with van der Waals surface area (Å²) >= 11 is 0. The predicted octanol–water partition coefficient (Wildman–Crippen LogP) is 2.54. The van der Waals surface area contributed by atoms with Crippen LogP contribution in [-0.4, -0.2) is 40.8 Å². The van der Waals surface area contributed by atoms with Gasteiger partial charge in [-0.05, 0) is 6.07 Å². The van der Waals surface area contributed by atoms with Crippen molar-refractivity contribution in [3.8, 4) is 28.6 Å². The van der Waals surface area contributed by atoms with E-state index in [2.05, 4.69) is 19.5 Å². The lowest BCUT2D eigenvalue weighted by Crippen LogP contribution is -2.05. The van der Waals surface area contributed by atoms with E-state index in [-0.39, 0.29) is 0 Å². The summed E-state index contributed by atoms with van der Waals surface area (Å²) in [7, 11) is 4.83. The molecule has 3 rings (SSSR count). The molecule has 0 amide bonds. The highest BCUT2D eigenvalue weighted by atomic mass is 16.5. The first-order chi connectivity index (χ1) is 11.8. The molecule has 0 saturated heterocycles. The molecule has 7 heteroatoms. The largest absolute Gasteiger partial charge is 0.496 e. The molecule has 126 valence electrons. The van der Waals surface area contributed by atoms with Gasteiger partial charge in [0.2, 0.25) is 0 Å². The molecule has 0 spiro atoms. The summed E-state index contributed by atoms with van der Waals surface area (Å²) in [4.78, 5) is 11.8. The molecule has 2 aromatic heterocycles. The fourth-order valence-corrected chi connectivity index (χ4v) is 2.60. The monoisotopic (exact) mass is 328 g/mol. The highest BCUT2D eigenvalue weighted by Crippen LogP contribution is 2.39. The second-order valence-corrected chi connectivity index (χ2v) is 5.14. The highest BCUT2D eigenvalue weighted by molar-refractivity contribution is 5.70. The smallest absolute Gasteiger partial charge is 0.164 e. The van der Waals surface area contributed by atoms with Crippen LogP contribution in [0.5, 0.6) is 17.2 Å². The second-order valence-electron chi connectivity index (χ2n) is 5.14. The van der Waals surface area contributed by atoms with Gasteiger partial charge in [-0.25, -0.2) is 9.97 Å². The lowest BCUT2D eigenvalue weighted by atomic mass is 10.1. The van der Waals surface area contributed by atoms with Gasteiger partial charge < -0.3 is 23.8 Å². The number of methoxy groups -OCH3 is 3. The van der Waals surface area contributed by atoms with Crippen LogP contribution in [0.3, 0.4) is 0 Å². The number of hydrogen-bond acceptors (Lipinski definition) is 5. The quantitative estimate of drug-likeness (QED) is 0.721. The van der Waals surface area contributed by atoms with Crippen LogP contribution in [0.15, 0.2) is 36.9 Å². The average molecular weight is 328 g/mol. The van der Waals surface area contributed by atoms with Gasteiger partial charge in [-0.1, -0.05) is 0 Å². The van der Waals surface area contributed by atoms with Crippen molar-refractivity contribution in [2.75, 3.05) is 21.3 Å².